The maximum Gasteiger partial charge on any atom is 0.151 e. The molecule has 2 aromatic rings. The van der Waals surface area contributed by atoms with E-state index in [1.54, 1.807) is 6.92 Å². The average molecular weight is 278 g/mol. The number of hydrogen-bond donors (Lipinski definition) is 0. The fourth-order valence-electron chi connectivity index (χ4n) is 1.03. The van der Waals surface area contributed by atoms with Crippen molar-refractivity contribution in [1.29, 1.82) is 0 Å². The predicted octanol–water partition coefficient (Wildman–Crippen LogP) is 2.27. The van der Waals surface area contributed by atoms with E-state index < -0.39 is 0 Å². The highest BCUT2D eigenvalue weighted by molar-refractivity contribution is 14.1. The molecule has 0 aliphatic carbocycles. The van der Waals surface area contributed by atoms with Crippen LogP contribution in [0.1, 0.15) is 5.56 Å². The van der Waals surface area contributed by atoms with Crippen LogP contribution in [-0.4, -0.2) is 10.3 Å². The van der Waals surface area contributed by atoms with Crippen molar-refractivity contribution in [2.24, 2.45) is 0 Å². The third kappa shape index (κ3) is 0.996. The lowest BCUT2D eigenvalue weighted by atomic mass is 10.2. The molecule has 0 unspecified atom stereocenters. The molecule has 0 aliphatic heterocycles. The van der Waals surface area contributed by atoms with Gasteiger partial charge in [-0.15, -0.1) is 0 Å². The molecule has 1 aromatic heterocycles. The molecule has 0 spiro atoms. The van der Waals surface area contributed by atoms with Gasteiger partial charge in [0.15, 0.2) is 5.52 Å². The van der Waals surface area contributed by atoms with Crippen LogP contribution in [0.2, 0.25) is 0 Å². The van der Waals surface area contributed by atoms with Gasteiger partial charge in [0, 0.05) is 0 Å². The summed E-state index contributed by atoms with van der Waals surface area (Å²) in [7, 11) is 0. The molecular formula is C7H4FIN2O. The average Bonchev–Trinajstić information content (AvgIpc) is 2.48. The number of hydrogen-bond acceptors (Lipinski definition) is 3. The van der Waals surface area contributed by atoms with Crippen molar-refractivity contribution in [3.05, 3.63) is 21.0 Å². The van der Waals surface area contributed by atoms with Gasteiger partial charge in [-0.1, -0.05) is 0 Å². The molecule has 0 aliphatic rings. The van der Waals surface area contributed by atoms with Crippen molar-refractivity contribution in [2.45, 2.75) is 6.92 Å². The monoisotopic (exact) mass is 278 g/mol. The minimum Gasteiger partial charge on any atom is -0.243 e. The second kappa shape index (κ2) is 2.65. The molecule has 0 N–H and O–H groups in total. The summed E-state index contributed by atoms with van der Waals surface area (Å²) in [6, 6.07) is 1.42. The molecular weight excluding hydrogens is 274 g/mol. The van der Waals surface area contributed by atoms with E-state index in [0.717, 1.165) is 5.56 Å². The van der Waals surface area contributed by atoms with Crippen LogP contribution in [-0.2, 0) is 0 Å². The quantitative estimate of drug-likeness (QED) is 0.694. The zero-order valence-electron chi connectivity index (χ0n) is 6.14. The molecule has 62 valence electrons. The van der Waals surface area contributed by atoms with Crippen LogP contribution in [0.5, 0.6) is 0 Å². The predicted molar refractivity (Wildman–Crippen MR) is 49.2 cm³/mol. The number of rotatable bonds is 0. The van der Waals surface area contributed by atoms with Crippen LogP contribution >= 0.6 is 22.6 Å². The van der Waals surface area contributed by atoms with Crippen LogP contribution in [0.25, 0.3) is 11.0 Å². The largest absolute Gasteiger partial charge is 0.243 e. The molecule has 0 saturated heterocycles. The van der Waals surface area contributed by atoms with E-state index in [9.17, 15) is 4.39 Å². The molecule has 3 nitrogen and oxygen atoms in total. The first-order valence-corrected chi connectivity index (χ1v) is 4.35. The lowest BCUT2D eigenvalue weighted by molar-refractivity contribution is 0.315. The van der Waals surface area contributed by atoms with E-state index in [1.807, 2.05) is 22.6 Å². The Morgan fingerprint density at radius 1 is 1.42 bits per heavy atom. The van der Waals surface area contributed by atoms with Crippen LogP contribution in [0.3, 0.4) is 0 Å². The first-order valence-electron chi connectivity index (χ1n) is 3.27. The summed E-state index contributed by atoms with van der Waals surface area (Å²) < 4.78 is 18.0. The number of benzene rings is 1. The fourth-order valence-corrected chi connectivity index (χ4v) is 1.54. The Kier molecular flexibility index (Phi) is 1.75. The fraction of sp³-hybridized carbons (Fsp3) is 0.143. The Labute approximate surface area is 81.0 Å². The molecule has 1 heterocycles. The van der Waals surface area contributed by atoms with E-state index in [-0.39, 0.29) is 5.82 Å². The number of aryl methyl sites for hydroxylation is 1. The molecule has 0 amide bonds. The van der Waals surface area contributed by atoms with Crippen molar-refractivity contribution in [1.82, 2.24) is 10.3 Å². The van der Waals surface area contributed by atoms with E-state index in [0.29, 0.717) is 14.6 Å². The van der Waals surface area contributed by atoms with Gasteiger partial charge in [0.05, 0.1) is 3.57 Å². The second-order valence-corrected chi connectivity index (χ2v) is 3.53. The molecule has 5 heteroatoms. The minimum absolute atomic E-state index is 0.281. The van der Waals surface area contributed by atoms with E-state index in [1.165, 1.54) is 6.07 Å². The topological polar surface area (TPSA) is 38.9 Å². The highest BCUT2D eigenvalue weighted by Gasteiger charge is 2.12. The third-order valence-corrected chi connectivity index (χ3v) is 2.65. The molecule has 0 fully saturated rings. The maximum atomic E-state index is 13.1. The van der Waals surface area contributed by atoms with Crippen molar-refractivity contribution in [3.8, 4) is 0 Å². The molecule has 0 atom stereocenters. The van der Waals surface area contributed by atoms with Crippen molar-refractivity contribution in [2.75, 3.05) is 0 Å². The van der Waals surface area contributed by atoms with Gasteiger partial charge in [0.2, 0.25) is 0 Å². The van der Waals surface area contributed by atoms with Gasteiger partial charge in [-0.25, -0.2) is 9.02 Å². The van der Waals surface area contributed by atoms with Gasteiger partial charge in [-0.2, -0.15) is 0 Å². The van der Waals surface area contributed by atoms with Gasteiger partial charge in [-0.3, -0.25) is 0 Å². The van der Waals surface area contributed by atoms with E-state index in [4.69, 9.17) is 0 Å². The Hall–Kier alpha value is -0.720. The first kappa shape index (κ1) is 7.90. The molecule has 0 radical (unpaired) electrons. The lowest BCUT2D eigenvalue weighted by Gasteiger charge is -1.95. The molecule has 0 saturated carbocycles. The number of halogens is 2. The summed E-state index contributed by atoms with van der Waals surface area (Å²) in [6.07, 6.45) is 0. The Morgan fingerprint density at radius 3 is 2.83 bits per heavy atom. The summed E-state index contributed by atoms with van der Waals surface area (Å²) in [6.45, 7) is 1.77. The summed E-state index contributed by atoms with van der Waals surface area (Å²) in [4.78, 5) is 0. The van der Waals surface area contributed by atoms with Crippen LogP contribution in [0.15, 0.2) is 10.7 Å². The van der Waals surface area contributed by atoms with Crippen molar-refractivity contribution < 1.29 is 9.02 Å². The van der Waals surface area contributed by atoms with Gasteiger partial charge in [0.25, 0.3) is 0 Å². The standard InChI is InChI=1S/C7H4FIN2O/c1-3-2-4(8)5(9)7-6(3)10-12-11-7/h2H,1H3. The first-order chi connectivity index (χ1) is 5.70. The smallest absolute Gasteiger partial charge is 0.151 e. The van der Waals surface area contributed by atoms with E-state index >= 15 is 0 Å². The number of nitrogens with zero attached hydrogens (tertiary/aromatic N) is 2. The normalized spacial score (nSPS) is 10.9. The number of fused-ring (bicyclic) bond motifs is 1. The third-order valence-electron chi connectivity index (χ3n) is 1.62. The van der Waals surface area contributed by atoms with Crippen molar-refractivity contribution >= 4 is 33.6 Å². The van der Waals surface area contributed by atoms with Crippen LogP contribution < -0.4 is 0 Å². The summed E-state index contributed by atoms with van der Waals surface area (Å²) >= 11 is 1.88. The Bertz CT molecular complexity index is 440. The minimum atomic E-state index is -0.281. The SMILES string of the molecule is Cc1cc(F)c(I)c2nonc12. The zero-order chi connectivity index (χ0) is 8.72. The zero-order valence-corrected chi connectivity index (χ0v) is 8.29. The summed E-state index contributed by atoms with van der Waals surface area (Å²) in [5.74, 6) is -0.281. The molecule has 12 heavy (non-hydrogen) atoms. The van der Waals surface area contributed by atoms with E-state index in [2.05, 4.69) is 14.9 Å². The van der Waals surface area contributed by atoms with Gasteiger partial charge >= 0.3 is 0 Å². The highest BCUT2D eigenvalue weighted by Crippen LogP contribution is 2.23. The lowest BCUT2D eigenvalue weighted by Crippen LogP contribution is -1.87. The number of aromatic nitrogens is 2. The Morgan fingerprint density at radius 2 is 2.08 bits per heavy atom. The molecule has 0 bridgehead atoms. The van der Waals surface area contributed by atoms with Gasteiger partial charge in [0.1, 0.15) is 11.3 Å². The highest BCUT2D eigenvalue weighted by atomic mass is 127. The maximum absolute atomic E-state index is 13.1. The summed E-state index contributed by atoms with van der Waals surface area (Å²) in [5.41, 5.74) is 1.86. The van der Waals surface area contributed by atoms with Crippen LogP contribution in [0, 0.1) is 16.3 Å². The Balaban J connectivity index is 2.97. The molecule has 1 aromatic carbocycles. The second-order valence-electron chi connectivity index (χ2n) is 2.45. The molecule has 2 rings (SSSR count). The van der Waals surface area contributed by atoms with Crippen LogP contribution in [0.4, 0.5) is 4.39 Å². The van der Waals surface area contributed by atoms with Gasteiger partial charge < -0.3 is 0 Å². The van der Waals surface area contributed by atoms with Gasteiger partial charge in [-0.05, 0) is 51.5 Å². The summed E-state index contributed by atoms with van der Waals surface area (Å²) in [5, 5.41) is 7.27. The van der Waals surface area contributed by atoms with Crippen molar-refractivity contribution in [3.63, 3.8) is 0 Å².